The summed E-state index contributed by atoms with van der Waals surface area (Å²) < 4.78 is 0. The number of hydrogen-bond acceptors (Lipinski definition) is 3. The summed E-state index contributed by atoms with van der Waals surface area (Å²) in [7, 11) is 0. The Kier molecular flexibility index (Phi) is 4.53. The Morgan fingerprint density at radius 3 is 2.58 bits per heavy atom. The van der Waals surface area contributed by atoms with Crippen molar-refractivity contribution in [1.82, 2.24) is 9.88 Å². The van der Waals surface area contributed by atoms with Crippen LogP contribution < -0.4 is 0 Å². The number of pyridine rings is 1. The van der Waals surface area contributed by atoms with E-state index in [-0.39, 0.29) is 5.92 Å². The van der Waals surface area contributed by atoms with Crippen LogP contribution >= 0.6 is 0 Å². The second-order valence-corrected chi connectivity index (χ2v) is 5.63. The van der Waals surface area contributed by atoms with Crippen molar-refractivity contribution in [3.63, 3.8) is 0 Å². The molecule has 2 rings (SSSR count). The van der Waals surface area contributed by atoms with Gasteiger partial charge in [0.05, 0.1) is 5.92 Å². The predicted octanol–water partition coefficient (Wildman–Crippen LogP) is 2.50. The maximum Gasteiger partial charge on any atom is 0.306 e. The highest BCUT2D eigenvalue weighted by molar-refractivity contribution is 5.70. The largest absolute Gasteiger partial charge is 0.481 e. The third-order valence-electron chi connectivity index (χ3n) is 3.78. The lowest BCUT2D eigenvalue weighted by Gasteiger charge is -2.29. The Hall–Kier alpha value is -1.42. The minimum absolute atomic E-state index is 0.155. The maximum absolute atomic E-state index is 10.9. The molecular weight excluding hydrogens is 240 g/mol. The Morgan fingerprint density at radius 1 is 1.42 bits per heavy atom. The number of aliphatic carboxylic acids is 1. The summed E-state index contributed by atoms with van der Waals surface area (Å²) in [6, 6.07) is 4.22. The molecule has 1 aliphatic heterocycles. The van der Waals surface area contributed by atoms with Crippen molar-refractivity contribution < 1.29 is 9.90 Å². The first-order valence-corrected chi connectivity index (χ1v) is 6.96. The lowest BCUT2D eigenvalue weighted by atomic mass is 9.97. The molecule has 2 heterocycles. The topological polar surface area (TPSA) is 53.4 Å². The van der Waals surface area contributed by atoms with E-state index in [1.165, 1.54) is 5.56 Å². The number of rotatable bonds is 4. The van der Waals surface area contributed by atoms with Gasteiger partial charge in [0.15, 0.2) is 0 Å². The highest BCUT2D eigenvalue weighted by Crippen LogP contribution is 2.19. The molecule has 0 unspecified atom stereocenters. The van der Waals surface area contributed by atoms with Crippen molar-refractivity contribution in [2.75, 3.05) is 13.1 Å². The SMILES string of the molecule is CC(C)c1ccc(CN2CCC(C(=O)O)CC2)cn1. The van der Waals surface area contributed by atoms with Crippen molar-refractivity contribution in [3.8, 4) is 0 Å². The van der Waals surface area contributed by atoms with E-state index < -0.39 is 5.97 Å². The van der Waals surface area contributed by atoms with Gasteiger partial charge >= 0.3 is 5.97 Å². The van der Waals surface area contributed by atoms with Gasteiger partial charge in [-0.25, -0.2) is 0 Å². The molecule has 0 atom stereocenters. The van der Waals surface area contributed by atoms with Crippen molar-refractivity contribution in [1.29, 1.82) is 0 Å². The molecule has 1 saturated heterocycles. The summed E-state index contributed by atoms with van der Waals surface area (Å²) in [6.07, 6.45) is 3.46. The molecule has 0 aromatic carbocycles. The predicted molar refractivity (Wildman–Crippen MR) is 74.0 cm³/mol. The first-order chi connectivity index (χ1) is 9.06. The van der Waals surface area contributed by atoms with E-state index in [1.807, 2.05) is 6.20 Å². The van der Waals surface area contributed by atoms with Gasteiger partial charge in [0.1, 0.15) is 0 Å². The van der Waals surface area contributed by atoms with Gasteiger partial charge in [-0.05, 0) is 43.5 Å². The first kappa shape index (κ1) is 14.0. The van der Waals surface area contributed by atoms with Crippen molar-refractivity contribution in [3.05, 3.63) is 29.6 Å². The van der Waals surface area contributed by atoms with Gasteiger partial charge in [-0.15, -0.1) is 0 Å². The van der Waals surface area contributed by atoms with Crippen LogP contribution in [0.1, 0.15) is 43.9 Å². The zero-order valence-corrected chi connectivity index (χ0v) is 11.7. The number of hydrogen-bond donors (Lipinski definition) is 1. The number of carboxylic acid groups (broad SMARTS) is 1. The van der Waals surface area contributed by atoms with E-state index in [1.54, 1.807) is 0 Å². The molecule has 0 amide bonds. The average molecular weight is 262 g/mol. The van der Waals surface area contributed by atoms with Crippen molar-refractivity contribution >= 4 is 5.97 Å². The second kappa shape index (κ2) is 6.15. The summed E-state index contributed by atoms with van der Waals surface area (Å²) in [5, 5.41) is 8.97. The lowest BCUT2D eigenvalue weighted by molar-refractivity contribution is -0.143. The van der Waals surface area contributed by atoms with Gasteiger partial charge in [0.25, 0.3) is 0 Å². The van der Waals surface area contributed by atoms with E-state index in [9.17, 15) is 4.79 Å². The Balaban J connectivity index is 1.87. The summed E-state index contributed by atoms with van der Waals surface area (Å²) in [4.78, 5) is 17.7. The van der Waals surface area contributed by atoms with Crippen LogP contribution in [0.4, 0.5) is 0 Å². The molecule has 0 spiro atoms. The molecule has 1 N–H and O–H groups in total. The molecule has 0 bridgehead atoms. The van der Waals surface area contributed by atoms with E-state index >= 15 is 0 Å². The number of likely N-dealkylation sites (tertiary alicyclic amines) is 1. The van der Waals surface area contributed by atoms with Gasteiger partial charge in [-0.1, -0.05) is 19.9 Å². The van der Waals surface area contributed by atoms with E-state index in [4.69, 9.17) is 5.11 Å². The van der Waals surface area contributed by atoms with Gasteiger partial charge in [0.2, 0.25) is 0 Å². The van der Waals surface area contributed by atoms with Gasteiger partial charge in [-0.2, -0.15) is 0 Å². The average Bonchev–Trinajstić information content (AvgIpc) is 2.40. The van der Waals surface area contributed by atoms with Crippen LogP contribution in [0.5, 0.6) is 0 Å². The molecule has 0 aliphatic carbocycles. The van der Waals surface area contributed by atoms with Crippen molar-refractivity contribution in [2.45, 2.75) is 39.2 Å². The zero-order valence-electron chi connectivity index (χ0n) is 11.7. The molecule has 1 aliphatic rings. The smallest absolute Gasteiger partial charge is 0.306 e. The van der Waals surface area contributed by atoms with Crippen molar-refractivity contribution in [2.24, 2.45) is 5.92 Å². The van der Waals surface area contributed by atoms with Gasteiger partial charge in [-0.3, -0.25) is 14.7 Å². The molecule has 0 radical (unpaired) electrons. The van der Waals surface area contributed by atoms with Crippen LogP contribution in [0.15, 0.2) is 18.3 Å². The van der Waals surface area contributed by atoms with E-state index in [2.05, 4.69) is 35.9 Å². The maximum atomic E-state index is 10.9. The number of carbonyl (C=O) groups is 1. The van der Waals surface area contributed by atoms with E-state index in [0.29, 0.717) is 5.92 Å². The highest BCUT2D eigenvalue weighted by Gasteiger charge is 2.24. The van der Waals surface area contributed by atoms with Crippen LogP contribution in [-0.2, 0) is 11.3 Å². The van der Waals surface area contributed by atoms with Crippen LogP contribution in [0.3, 0.4) is 0 Å². The molecule has 1 fully saturated rings. The minimum Gasteiger partial charge on any atom is -0.481 e. The van der Waals surface area contributed by atoms with Gasteiger partial charge in [0, 0.05) is 18.4 Å². The zero-order chi connectivity index (χ0) is 13.8. The number of nitrogens with zero attached hydrogens (tertiary/aromatic N) is 2. The number of piperidine rings is 1. The van der Waals surface area contributed by atoms with Crippen LogP contribution in [0, 0.1) is 5.92 Å². The summed E-state index contributed by atoms with van der Waals surface area (Å²) in [6.45, 7) is 6.88. The number of carboxylic acids is 1. The van der Waals surface area contributed by atoms with Crippen LogP contribution in [-0.4, -0.2) is 34.0 Å². The van der Waals surface area contributed by atoms with Gasteiger partial charge < -0.3 is 5.11 Å². The fourth-order valence-electron chi connectivity index (χ4n) is 2.47. The Morgan fingerprint density at radius 2 is 2.11 bits per heavy atom. The Labute approximate surface area is 114 Å². The summed E-state index contributed by atoms with van der Waals surface area (Å²) in [5.74, 6) is -0.347. The molecule has 19 heavy (non-hydrogen) atoms. The summed E-state index contributed by atoms with van der Waals surface area (Å²) >= 11 is 0. The number of aromatic nitrogens is 1. The quantitative estimate of drug-likeness (QED) is 0.905. The third-order valence-corrected chi connectivity index (χ3v) is 3.78. The fourth-order valence-corrected chi connectivity index (χ4v) is 2.47. The highest BCUT2D eigenvalue weighted by atomic mass is 16.4. The molecule has 4 nitrogen and oxygen atoms in total. The van der Waals surface area contributed by atoms with Crippen LogP contribution in [0.25, 0.3) is 0 Å². The Bertz CT molecular complexity index is 420. The normalized spacial score (nSPS) is 17.8. The fraction of sp³-hybridized carbons (Fsp3) is 0.600. The summed E-state index contributed by atoms with van der Waals surface area (Å²) in [5.41, 5.74) is 2.33. The standard InChI is InChI=1S/C15H22N2O2/c1-11(2)14-4-3-12(9-16-14)10-17-7-5-13(6-8-17)15(18)19/h3-4,9,11,13H,5-8,10H2,1-2H3,(H,18,19). The molecule has 1 aromatic rings. The molecule has 0 saturated carbocycles. The minimum atomic E-state index is -0.650. The second-order valence-electron chi connectivity index (χ2n) is 5.63. The lowest BCUT2D eigenvalue weighted by Crippen LogP contribution is -2.35. The monoisotopic (exact) mass is 262 g/mol. The molecule has 104 valence electrons. The molecule has 4 heteroatoms. The van der Waals surface area contributed by atoms with E-state index in [0.717, 1.165) is 38.2 Å². The van der Waals surface area contributed by atoms with Crippen LogP contribution in [0.2, 0.25) is 0 Å². The third kappa shape index (κ3) is 3.77. The molecule has 1 aromatic heterocycles. The first-order valence-electron chi connectivity index (χ1n) is 6.96. The molecular formula is C15H22N2O2.